The summed E-state index contributed by atoms with van der Waals surface area (Å²) < 4.78 is 8.88. The van der Waals surface area contributed by atoms with Crippen LogP contribution in [0.15, 0.2) is 0 Å². The summed E-state index contributed by atoms with van der Waals surface area (Å²) in [5, 5.41) is 0. The Hall–Kier alpha value is 2.71. The molecule has 0 bridgehead atoms. The van der Waals surface area contributed by atoms with Crippen molar-refractivity contribution < 1.29 is 74.0 Å². The van der Waals surface area contributed by atoms with Crippen LogP contribution in [0.2, 0.25) is 0 Å². The number of hydrogen-bond donors (Lipinski definition) is 3. The molecule has 0 saturated carbocycles. The van der Waals surface area contributed by atoms with Gasteiger partial charge < -0.3 is 69.4 Å². The van der Waals surface area contributed by atoms with Crippen LogP contribution in [-0.2, 0) is 4.57 Å². The third kappa shape index (κ3) is 799. The van der Waals surface area contributed by atoms with Gasteiger partial charge in [-0.25, -0.2) is 4.57 Å². The van der Waals surface area contributed by atoms with Crippen LogP contribution in [-0.4, -0.2) is 158 Å². The van der Waals surface area contributed by atoms with Gasteiger partial charge in [0.05, 0.1) is 0 Å². The van der Waals surface area contributed by atoms with E-state index in [0.29, 0.717) is 0 Å². The van der Waals surface area contributed by atoms with Gasteiger partial charge in [-0.1, -0.05) is 0 Å². The maximum Gasteiger partial charge on any atom is 0.466 e. The van der Waals surface area contributed by atoms with Crippen molar-refractivity contribution in [2.24, 2.45) is 0 Å². The molecule has 0 amide bonds. The molecule has 18 heavy (non-hydrogen) atoms. The van der Waals surface area contributed by atoms with Gasteiger partial charge in [0.25, 0.3) is 0 Å². The largest absolute Gasteiger partial charge is 0.466 e. The average Bonchev–Trinajstić information content (AvgIpc) is 0.722. The molecule has 3 radical (unpaired) electrons. The third-order valence-corrected chi connectivity index (χ3v) is 0. The quantitative estimate of drug-likeness (QED) is 0.283. The van der Waals surface area contributed by atoms with E-state index in [4.69, 9.17) is 19.2 Å². The van der Waals surface area contributed by atoms with Gasteiger partial charge in [0, 0.05) is 88.7 Å². The van der Waals surface area contributed by atoms with E-state index in [1.807, 2.05) is 0 Å². The van der Waals surface area contributed by atoms with Gasteiger partial charge in [-0.3, -0.25) is 0 Å². The Morgan fingerprint density at radius 3 is 0.444 bits per heavy atom. The summed E-state index contributed by atoms with van der Waals surface area (Å²) in [6.45, 7) is 0. The minimum Gasteiger partial charge on any atom is -0.412 e. The molecule has 0 atom stereocenters. The van der Waals surface area contributed by atoms with E-state index < -0.39 is 7.82 Å². The molecule has 14 nitrogen and oxygen atoms in total. The molecule has 0 unspecified atom stereocenters. The Labute approximate surface area is 168 Å². The molecule has 0 heterocycles. The molecule has 0 spiro atoms. The summed E-state index contributed by atoms with van der Waals surface area (Å²) in [4.78, 5) is 21.6. The Kier molecular flexibility index (Phi) is 903. The van der Waals surface area contributed by atoms with E-state index in [9.17, 15) is 0 Å². The molecular formula is H23Na3O14P. The summed E-state index contributed by atoms with van der Waals surface area (Å²) in [7, 11) is -4.64. The molecule has 23 N–H and O–H groups in total. The molecule has 0 rings (SSSR count). The zero-order valence-electron chi connectivity index (χ0n) is 10.2. The zero-order chi connectivity index (χ0) is 4.50. The minimum atomic E-state index is -4.64. The van der Waals surface area contributed by atoms with Crippen molar-refractivity contribution in [1.82, 2.24) is 0 Å². The average molecular weight is 347 g/mol. The molecule has 0 saturated heterocycles. The Bertz CT molecular complexity index is 63.2. The van der Waals surface area contributed by atoms with Crippen molar-refractivity contribution in [1.29, 1.82) is 0 Å². The molecule has 115 valence electrons. The predicted molar refractivity (Wildman–Crippen MR) is 67.7 cm³/mol. The van der Waals surface area contributed by atoms with Crippen molar-refractivity contribution in [2.75, 3.05) is 0 Å². The summed E-state index contributed by atoms with van der Waals surface area (Å²) in [5.41, 5.74) is 0. The van der Waals surface area contributed by atoms with Crippen molar-refractivity contribution in [2.45, 2.75) is 0 Å². The number of phosphoric acid groups is 1. The third-order valence-electron chi connectivity index (χ3n) is 0. The van der Waals surface area contributed by atoms with E-state index in [-0.39, 0.29) is 143 Å². The summed E-state index contributed by atoms with van der Waals surface area (Å²) in [5.74, 6) is 0. The summed E-state index contributed by atoms with van der Waals surface area (Å²) >= 11 is 0. The monoisotopic (exact) mass is 347 g/mol. The molecule has 18 heteroatoms. The van der Waals surface area contributed by atoms with Crippen LogP contribution in [0.1, 0.15) is 0 Å². The molecule has 0 aromatic heterocycles. The maximum atomic E-state index is 8.88. The number of hydrogen-bond acceptors (Lipinski definition) is 1. The molecule has 0 aliphatic heterocycles. The van der Waals surface area contributed by atoms with E-state index in [0.717, 1.165) is 0 Å². The van der Waals surface area contributed by atoms with Crippen molar-refractivity contribution in [3.63, 3.8) is 0 Å². The van der Waals surface area contributed by atoms with Gasteiger partial charge in [-0.2, -0.15) is 0 Å². The SMILES string of the molecule is O.O.O.O.O.O.O.O.O.O.O=P(O)(O)O.[Na].[Na].[Na]. The van der Waals surface area contributed by atoms with Crippen LogP contribution in [0.25, 0.3) is 0 Å². The van der Waals surface area contributed by atoms with Gasteiger partial charge in [0.15, 0.2) is 0 Å². The van der Waals surface area contributed by atoms with Gasteiger partial charge in [-0.05, 0) is 0 Å². The van der Waals surface area contributed by atoms with E-state index in [1.165, 1.54) is 0 Å². The fourth-order valence-corrected chi connectivity index (χ4v) is 0. The molecule has 0 fully saturated rings. The fourth-order valence-electron chi connectivity index (χ4n) is 0. The van der Waals surface area contributed by atoms with Crippen LogP contribution in [0, 0.1) is 0 Å². The summed E-state index contributed by atoms with van der Waals surface area (Å²) in [6.07, 6.45) is 0. The van der Waals surface area contributed by atoms with Gasteiger partial charge in [0.1, 0.15) is 0 Å². The van der Waals surface area contributed by atoms with Crippen molar-refractivity contribution >= 4 is 96.5 Å². The first-order valence-electron chi connectivity index (χ1n) is 0.783. The smallest absolute Gasteiger partial charge is 0.412 e. The second kappa shape index (κ2) is 90.9. The Balaban J connectivity index is -0.00000000103. The van der Waals surface area contributed by atoms with E-state index in [2.05, 4.69) is 0 Å². The first kappa shape index (κ1) is 179. The first-order chi connectivity index (χ1) is 2.00. The molecule has 0 aliphatic carbocycles. The first-order valence-corrected chi connectivity index (χ1v) is 2.35. The van der Waals surface area contributed by atoms with Crippen LogP contribution in [0.4, 0.5) is 0 Å². The normalized spacial score (nSPS) is 3.28. The van der Waals surface area contributed by atoms with Crippen LogP contribution < -0.4 is 0 Å². The molecule has 0 aromatic carbocycles. The predicted octanol–water partition coefficient (Wildman–Crippen LogP) is -10.3. The minimum absolute atomic E-state index is 0. The van der Waals surface area contributed by atoms with Crippen molar-refractivity contribution in [3.8, 4) is 0 Å². The van der Waals surface area contributed by atoms with Crippen LogP contribution in [0.3, 0.4) is 0 Å². The van der Waals surface area contributed by atoms with E-state index in [1.54, 1.807) is 0 Å². The standard InChI is InChI=1S/3Na.H3O4P.10H2O/c;;;1-5(2,3)4;;;;;;;;;;/h;;;(H3,1,2,3,4);10*1H2. The maximum absolute atomic E-state index is 8.88. The number of rotatable bonds is 0. The molecule has 0 aliphatic rings. The second-order valence-corrected chi connectivity index (χ2v) is 1.54. The molecular weight excluding hydrogens is 324 g/mol. The van der Waals surface area contributed by atoms with Crippen LogP contribution >= 0.6 is 7.82 Å². The Morgan fingerprint density at radius 1 is 0.444 bits per heavy atom. The van der Waals surface area contributed by atoms with Gasteiger partial charge in [-0.15, -0.1) is 0 Å². The van der Waals surface area contributed by atoms with Gasteiger partial charge in [0.2, 0.25) is 0 Å². The topological polar surface area (TPSA) is 393 Å². The summed E-state index contributed by atoms with van der Waals surface area (Å²) in [6, 6.07) is 0. The Morgan fingerprint density at radius 2 is 0.444 bits per heavy atom. The zero-order valence-corrected chi connectivity index (χ0v) is 17.1. The van der Waals surface area contributed by atoms with E-state index >= 15 is 0 Å². The van der Waals surface area contributed by atoms with Crippen LogP contribution in [0.5, 0.6) is 0 Å². The van der Waals surface area contributed by atoms with Gasteiger partial charge >= 0.3 is 7.82 Å². The fraction of sp³-hybridized carbons (Fsp3) is 0. The second-order valence-electron chi connectivity index (χ2n) is 0.513. The van der Waals surface area contributed by atoms with Crippen molar-refractivity contribution in [3.05, 3.63) is 0 Å². The molecule has 0 aromatic rings.